The van der Waals surface area contributed by atoms with Crippen LogP contribution in [0.25, 0.3) is 0 Å². The van der Waals surface area contributed by atoms with Gasteiger partial charge in [0.15, 0.2) is 6.29 Å². The van der Waals surface area contributed by atoms with Gasteiger partial charge in [0.25, 0.3) is 0 Å². The van der Waals surface area contributed by atoms with Crippen LogP contribution in [0.15, 0.2) is 72.9 Å². The predicted molar refractivity (Wildman–Crippen MR) is 309 cm³/mol. The first-order chi connectivity index (χ1) is 35.8. The third-order valence-corrected chi connectivity index (χ3v) is 14.2. The molecule has 1 amide bonds. The highest BCUT2D eigenvalue weighted by Gasteiger charge is 2.44. The highest BCUT2D eigenvalue weighted by atomic mass is 16.7. The molecule has 0 radical (unpaired) electrons. The van der Waals surface area contributed by atoms with Crippen molar-refractivity contribution in [1.82, 2.24) is 5.32 Å². The molecule has 0 aromatic carbocycles. The van der Waals surface area contributed by atoms with Crippen LogP contribution in [0, 0.1) is 0 Å². The van der Waals surface area contributed by atoms with Crippen molar-refractivity contribution in [3.63, 3.8) is 0 Å². The Labute approximate surface area is 448 Å². The van der Waals surface area contributed by atoms with Crippen LogP contribution in [0.5, 0.6) is 0 Å². The van der Waals surface area contributed by atoms with Crippen LogP contribution in [-0.2, 0) is 14.3 Å². The molecule has 1 aliphatic rings. The number of hydrogen-bond acceptors (Lipinski definition) is 8. The molecular weight excluding hydrogens is 911 g/mol. The van der Waals surface area contributed by atoms with Gasteiger partial charge in [0.1, 0.15) is 24.4 Å². The van der Waals surface area contributed by atoms with Crippen molar-refractivity contribution < 1.29 is 39.8 Å². The fraction of sp³-hybridized carbons (Fsp3) is 0.797. The Kier molecular flexibility index (Phi) is 49.9. The molecule has 1 heterocycles. The predicted octanol–water partition coefficient (Wildman–Crippen LogP) is 15.6. The Morgan fingerprint density at radius 1 is 0.466 bits per heavy atom. The number of rotatable bonds is 52. The Bertz CT molecular complexity index is 1380. The average Bonchev–Trinajstić information content (AvgIpc) is 3.39. The molecule has 0 bridgehead atoms. The molecule has 7 atom stereocenters. The summed E-state index contributed by atoms with van der Waals surface area (Å²) in [5, 5.41) is 54.6. The van der Waals surface area contributed by atoms with E-state index in [9.17, 15) is 30.3 Å². The van der Waals surface area contributed by atoms with Crippen molar-refractivity contribution >= 4 is 5.91 Å². The van der Waals surface area contributed by atoms with E-state index in [1.807, 2.05) is 6.08 Å². The van der Waals surface area contributed by atoms with Crippen LogP contribution < -0.4 is 5.32 Å². The van der Waals surface area contributed by atoms with Crippen LogP contribution in [0.1, 0.15) is 271 Å². The maximum absolute atomic E-state index is 13.1. The molecule has 0 aromatic heterocycles. The summed E-state index contributed by atoms with van der Waals surface area (Å²) in [6, 6.07) is -0.834. The summed E-state index contributed by atoms with van der Waals surface area (Å²) in [7, 11) is 0. The van der Waals surface area contributed by atoms with E-state index in [1.165, 1.54) is 193 Å². The summed E-state index contributed by atoms with van der Waals surface area (Å²) in [4.78, 5) is 13.1. The van der Waals surface area contributed by atoms with E-state index in [4.69, 9.17) is 9.47 Å². The lowest BCUT2D eigenvalue weighted by molar-refractivity contribution is -0.302. The molecule has 0 aromatic rings. The van der Waals surface area contributed by atoms with Crippen molar-refractivity contribution in [2.75, 3.05) is 13.2 Å². The summed E-state index contributed by atoms with van der Waals surface area (Å²) in [6.45, 7) is 3.76. The fourth-order valence-electron chi connectivity index (χ4n) is 9.37. The van der Waals surface area contributed by atoms with Gasteiger partial charge in [-0.2, -0.15) is 0 Å². The molecular formula is C64H115NO8. The zero-order valence-corrected chi connectivity index (χ0v) is 47.1. The molecule has 424 valence electrons. The van der Waals surface area contributed by atoms with Crippen LogP contribution in [-0.4, -0.2) is 87.5 Å². The first kappa shape index (κ1) is 68.6. The summed E-state index contributed by atoms with van der Waals surface area (Å²) in [5.74, 6) is -0.193. The van der Waals surface area contributed by atoms with Crippen LogP contribution in [0.4, 0.5) is 0 Å². The third kappa shape index (κ3) is 42.4. The van der Waals surface area contributed by atoms with Crippen molar-refractivity contribution in [3.8, 4) is 0 Å². The topological polar surface area (TPSA) is 149 Å². The number of carbonyl (C=O) groups excluding carboxylic acids is 1. The molecule has 1 aliphatic heterocycles. The van der Waals surface area contributed by atoms with Gasteiger partial charge in [-0.25, -0.2) is 0 Å². The van der Waals surface area contributed by atoms with Crippen molar-refractivity contribution in [3.05, 3.63) is 72.9 Å². The second-order valence-corrected chi connectivity index (χ2v) is 21.1. The quantitative estimate of drug-likeness (QED) is 0.0261. The number of aliphatic hydroxyl groups is 5. The van der Waals surface area contributed by atoms with Crippen LogP contribution >= 0.6 is 0 Å². The average molecular weight is 1030 g/mol. The number of unbranched alkanes of at least 4 members (excludes halogenated alkanes) is 32. The van der Waals surface area contributed by atoms with Gasteiger partial charge >= 0.3 is 0 Å². The molecule has 1 rings (SSSR count). The van der Waals surface area contributed by atoms with E-state index in [-0.39, 0.29) is 12.5 Å². The monoisotopic (exact) mass is 1030 g/mol. The lowest BCUT2D eigenvalue weighted by Gasteiger charge is -2.40. The molecule has 9 nitrogen and oxygen atoms in total. The first-order valence-electron chi connectivity index (χ1n) is 30.7. The van der Waals surface area contributed by atoms with E-state index in [2.05, 4.69) is 79.9 Å². The number of nitrogens with one attached hydrogen (secondary N) is 1. The zero-order valence-electron chi connectivity index (χ0n) is 47.1. The minimum atomic E-state index is -1.58. The van der Waals surface area contributed by atoms with Gasteiger partial charge in [-0.3, -0.25) is 4.79 Å². The van der Waals surface area contributed by atoms with Gasteiger partial charge < -0.3 is 40.3 Å². The summed E-state index contributed by atoms with van der Waals surface area (Å²) in [5.41, 5.74) is 0. The van der Waals surface area contributed by atoms with Crippen LogP contribution in [0.2, 0.25) is 0 Å². The number of aliphatic hydroxyl groups excluding tert-OH is 5. The van der Waals surface area contributed by atoms with E-state index in [1.54, 1.807) is 6.08 Å². The standard InChI is InChI=1S/C64H115NO8/c1-3-5-7-9-11-13-15-17-19-21-23-25-27-28-29-30-32-34-36-38-40-42-44-46-48-50-52-54-60(68)65-57(56-72-64-63(71)62(70)61(69)59(55-66)73-64)58(67)53-51-49-47-45-43-41-39-37-35-33-31-26-24-22-20-18-16-14-12-10-8-6-4-2/h15,17,21,23,27-28,35,37,43,45,51,53,57-59,61-64,66-67,69-71H,3-14,16,18-20,22,24-26,29-34,36,38-42,44,46-50,52,54-56H2,1-2H3,(H,65,68)/b17-15-,23-21-,28-27-,37-35+,45-43+,53-51+. The molecule has 0 spiro atoms. The Morgan fingerprint density at radius 3 is 1.25 bits per heavy atom. The molecule has 9 heteroatoms. The third-order valence-electron chi connectivity index (χ3n) is 14.2. The highest BCUT2D eigenvalue weighted by Crippen LogP contribution is 2.23. The van der Waals surface area contributed by atoms with Gasteiger partial charge in [-0.1, -0.05) is 254 Å². The van der Waals surface area contributed by atoms with E-state index < -0.39 is 49.5 Å². The number of amides is 1. The smallest absolute Gasteiger partial charge is 0.220 e. The fourth-order valence-corrected chi connectivity index (χ4v) is 9.37. The minimum Gasteiger partial charge on any atom is -0.394 e. The molecule has 6 N–H and O–H groups in total. The number of carbonyl (C=O) groups is 1. The molecule has 1 saturated heterocycles. The Hall–Kier alpha value is -2.37. The number of allylic oxidation sites excluding steroid dienone is 11. The van der Waals surface area contributed by atoms with Crippen molar-refractivity contribution in [1.29, 1.82) is 0 Å². The van der Waals surface area contributed by atoms with Gasteiger partial charge in [0.05, 0.1) is 25.4 Å². The second-order valence-electron chi connectivity index (χ2n) is 21.1. The highest BCUT2D eigenvalue weighted by molar-refractivity contribution is 5.76. The van der Waals surface area contributed by atoms with E-state index in [0.29, 0.717) is 6.42 Å². The Morgan fingerprint density at radius 2 is 0.822 bits per heavy atom. The van der Waals surface area contributed by atoms with Crippen molar-refractivity contribution in [2.45, 2.75) is 314 Å². The summed E-state index contributed by atoms with van der Waals surface area (Å²) >= 11 is 0. The lowest BCUT2D eigenvalue weighted by Crippen LogP contribution is -2.60. The van der Waals surface area contributed by atoms with Crippen molar-refractivity contribution in [2.24, 2.45) is 0 Å². The molecule has 1 fully saturated rings. The normalized spacial score (nSPS) is 19.6. The largest absolute Gasteiger partial charge is 0.394 e. The van der Waals surface area contributed by atoms with Gasteiger partial charge in [0.2, 0.25) is 5.91 Å². The minimum absolute atomic E-state index is 0.193. The molecule has 73 heavy (non-hydrogen) atoms. The van der Waals surface area contributed by atoms with Gasteiger partial charge in [-0.15, -0.1) is 0 Å². The van der Waals surface area contributed by atoms with E-state index in [0.717, 1.165) is 57.8 Å². The summed E-state index contributed by atoms with van der Waals surface area (Å²) < 4.78 is 11.3. The van der Waals surface area contributed by atoms with Crippen LogP contribution in [0.3, 0.4) is 0 Å². The molecule has 0 saturated carbocycles. The maximum Gasteiger partial charge on any atom is 0.220 e. The zero-order chi connectivity index (χ0) is 52.9. The number of ether oxygens (including phenoxy) is 2. The van der Waals surface area contributed by atoms with Gasteiger partial charge in [-0.05, 0) is 83.5 Å². The first-order valence-corrected chi connectivity index (χ1v) is 30.7. The van der Waals surface area contributed by atoms with E-state index >= 15 is 0 Å². The second kappa shape index (κ2) is 53.0. The Balaban J connectivity index is 2.24. The maximum atomic E-state index is 13.1. The lowest BCUT2D eigenvalue weighted by atomic mass is 9.99. The molecule has 7 unspecified atom stereocenters. The number of hydrogen-bond donors (Lipinski definition) is 6. The summed E-state index contributed by atoms with van der Waals surface area (Å²) in [6.07, 6.45) is 66.9. The SMILES string of the molecule is CCCCCCC/C=C\C/C=C\C/C=C\CCCCCCCCCCCCCCC(=O)NC(COC1OC(CO)C(O)C(O)C1O)C(O)/C=C/CC/C=C/CC/C=C/CCCCCCCCCCCCCCC. The molecule has 0 aliphatic carbocycles. The van der Waals surface area contributed by atoms with Gasteiger partial charge in [0, 0.05) is 6.42 Å².